The van der Waals surface area contributed by atoms with Crippen LogP contribution in [0.1, 0.15) is 18.9 Å². The van der Waals surface area contributed by atoms with Gasteiger partial charge < -0.3 is 19.7 Å². The number of amides is 3. The number of rotatable bonds is 5. The van der Waals surface area contributed by atoms with Crippen molar-refractivity contribution in [3.8, 4) is 23.5 Å². The molecule has 4 rings (SSSR count). The highest BCUT2D eigenvalue weighted by atomic mass is 19.1. The van der Waals surface area contributed by atoms with Gasteiger partial charge in [0.05, 0.1) is 6.54 Å². The van der Waals surface area contributed by atoms with E-state index in [0.717, 1.165) is 11.8 Å². The highest BCUT2D eigenvalue weighted by Crippen LogP contribution is 2.34. The lowest BCUT2D eigenvalue weighted by molar-refractivity contribution is -0.124. The van der Waals surface area contributed by atoms with E-state index >= 15 is 0 Å². The Bertz CT molecular complexity index is 1220. The van der Waals surface area contributed by atoms with Crippen molar-refractivity contribution in [3.63, 3.8) is 0 Å². The summed E-state index contributed by atoms with van der Waals surface area (Å²) in [5.41, 5.74) is -1.10. The van der Waals surface area contributed by atoms with Gasteiger partial charge in [0.15, 0.2) is 11.4 Å². The normalized spacial score (nSPS) is 17.7. The van der Waals surface area contributed by atoms with Gasteiger partial charge in [-0.2, -0.15) is 0 Å². The van der Waals surface area contributed by atoms with E-state index in [1.165, 1.54) is 28.8 Å². The fraction of sp³-hybridized carbons (Fsp3) is 0.217. The van der Waals surface area contributed by atoms with Gasteiger partial charge in [0, 0.05) is 23.4 Å². The van der Waals surface area contributed by atoms with Crippen molar-refractivity contribution in [2.24, 2.45) is 0 Å². The van der Waals surface area contributed by atoms with Crippen molar-refractivity contribution in [2.75, 3.05) is 6.61 Å². The monoisotopic (exact) mass is 421 g/mol. The van der Waals surface area contributed by atoms with E-state index in [0.29, 0.717) is 16.7 Å². The third-order valence-corrected chi connectivity index (χ3v) is 5.13. The van der Waals surface area contributed by atoms with Gasteiger partial charge in [-0.25, -0.2) is 9.18 Å². The van der Waals surface area contributed by atoms with Crippen molar-refractivity contribution in [3.05, 3.63) is 60.0 Å². The average molecular weight is 421 g/mol. The van der Waals surface area contributed by atoms with Crippen LogP contribution in [0.15, 0.2) is 48.7 Å². The Morgan fingerprint density at radius 1 is 1.16 bits per heavy atom. The zero-order chi connectivity index (χ0) is 22.0. The molecule has 0 bridgehead atoms. The number of ether oxygens (including phenoxy) is 1. The van der Waals surface area contributed by atoms with E-state index in [4.69, 9.17) is 4.74 Å². The fourth-order valence-electron chi connectivity index (χ4n) is 3.62. The molecule has 1 aromatic heterocycles. The molecule has 2 heterocycles. The number of aromatic hydroxyl groups is 1. The third kappa shape index (κ3) is 3.78. The molecule has 1 atom stereocenters. The highest BCUT2D eigenvalue weighted by Gasteiger charge is 2.48. The maximum Gasteiger partial charge on any atom is 0.322 e. The number of carbonyl (C=O) groups excluding carboxylic acids is 2. The van der Waals surface area contributed by atoms with Crippen LogP contribution in [0.4, 0.5) is 9.18 Å². The van der Waals surface area contributed by atoms with Crippen LogP contribution in [0.5, 0.6) is 11.6 Å². The predicted molar refractivity (Wildman–Crippen MR) is 112 cm³/mol. The number of carbonyl (C=O) groups is 2. The predicted octanol–water partition coefficient (Wildman–Crippen LogP) is 3.01. The first-order valence-corrected chi connectivity index (χ1v) is 9.73. The molecule has 1 saturated heterocycles. The fourth-order valence-corrected chi connectivity index (χ4v) is 3.62. The topological polar surface area (TPSA) is 92.6 Å². The second-order valence-electron chi connectivity index (χ2n) is 7.15. The molecule has 158 valence electrons. The molecular formula is C23H20FN3O4. The molecule has 7 nitrogen and oxygen atoms in total. The average Bonchev–Trinajstić information content (AvgIpc) is 3.21. The van der Waals surface area contributed by atoms with Crippen LogP contribution in [0.2, 0.25) is 0 Å². The van der Waals surface area contributed by atoms with Gasteiger partial charge >= 0.3 is 6.03 Å². The molecule has 1 aliphatic heterocycles. The molecule has 3 aromatic rings. The van der Waals surface area contributed by atoms with Gasteiger partial charge in [-0.05, 0) is 35.9 Å². The molecular weight excluding hydrogens is 401 g/mol. The van der Waals surface area contributed by atoms with Crippen molar-refractivity contribution < 1.29 is 23.8 Å². The number of aromatic nitrogens is 1. The molecule has 3 amide bonds. The lowest BCUT2D eigenvalue weighted by Gasteiger charge is -2.27. The first kappa shape index (κ1) is 20.3. The Hall–Kier alpha value is -3.99. The van der Waals surface area contributed by atoms with E-state index in [9.17, 15) is 19.1 Å². The smallest absolute Gasteiger partial charge is 0.322 e. The van der Waals surface area contributed by atoms with Gasteiger partial charge in [0.2, 0.25) is 0 Å². The van der Waals surface area contributed by atoms with Gasteiger partial charge in [0.25, 0.3) is 5.91 Å². The molecule has 0 unspecified atom stereocenters. The lowest BCUT2D eigenvalue weighted by atomic mass is 9.89. The molecule has 8 heteroatoms. The first-order chi connectivity index (χ1) is 14.9. The molecule has 1 aliphatic rings. The summed E-state index contributed by atoms with van der Waals surface area (Å²) in [4.78, 5) is 24.7. The maximum atomic E-state index is 13.4. The minimum atomic E-state index is -1.49. The number of halogens is 1. The summed E-state index contributed by atoms with van der Waals surface area (Å²) < 4.78 is 20.5. The number of benzene rings is 2. The van der Waals surface area contributed by atoms with Gasteiger partial charge in [-0.1, -0.05) is 25.0 Å². The van der Waals surface area contributed by atoms with Gasteiger partial charge in [0.1, 0.15) is 18.2 Å². The van der Waals surface area contributed by atoms with Gasteiger partial charge in [-0.3, -0.25) is 10.1 Å². The first-order valence-electron chi connectivity index (χ1n) is 9.73. The lowest BCUT2D eigenvalue weighted by Crippen LogP contribution is -2.47. The van der Waals surface area contributed by atoms with E-state index in [1.807, 2.05) is 6.92 Å². The van der Waals surface area contributed by atoms with Crippen LogP contribution in [0.25, 0.3) is 10.8 Å². The summed E-state index contributed by atoms with van der Waals surface area (Å²) in [7, 11) is 0. The van der Waals surface area contributed by atoms with Crippen LogP contribution in [0.3, 0.4) is 0 Å². The summed E-state index contributed by atoms with van der Waals surface area (Å²) >= 11 is 0. The zero-order valence-corrected chi connectivity index (χ0v) is 16.7. The maximum absolute atomic E-state index is 13.4. The van der Waals surface area contributed by atoms with Crippen molar-refractivity contribution in [1.82, 2.24) is 15.2 Å². The molecule has 0 aliphatic carbocycles. The van der Waals surface area contributed by atoms with Crippen molar-refractivity contribution in [2.45, 2.75) is 25.4 Å². The van der Waals surface area contributed by atoms with Crippen molar-refractivity contribution in [1.29, 1.82) is 0 Å². The quantitative estimate of drug-likeness (QED) is 0.436. The molecule has 1 fully saturated rings. The van der Waals surface area contributed by atoms with Crippen LogP contribution >= 0.6 is 0 Å². The molecule has 3 N–H and O–H groups in total. The summed E-state index contributed by atoms with van der Waals surface area (Å²) in [6.07, 6.45) is 2.42. The Morgan fingerprint density at radius 2 is 1.94 bits per heavy atom. The number of fused-ring (bicyclic) bond motifs is 1. The number of nitrogens with zero attached hydrogens (tertiary/aromatic N) is 1. The Labute approximate surface area is 177 Å². The minimum Gasteiger partial charge on any atom is -0.494 e. The molecule has 0 spiro atoms. The Kier molecular flexibility index (Phi) is 5.26. The van der Waals surface area contributed by atoms with Crippen LogP contribution in [-0.4, -0.2) is 28.2 Å². The summed E-state index contributed by atoms with van der Waals surface area (Å²) in [5.74, 6) is 5.22. The second-order valence-corrected chi connectivity index (χ2v) is 7.15. The summed E-state index contributed by atoms with van der Waals surface area (Å²) in [6, 6.07) is 9.87. The van der Waals surface area contributed by atoms with Crippen LogP contribution in [-0.2, 0) is 16.9 Å². The number of urea groups is 1. The van der Waals surface area contributed by atoms with E-state index in [2.05, 4.69) is 22.5 Å². The van der Waals surface area contributed by atoms with E-state index < -0.39 is 23.3 Å². The summed E-state index contributed by atoms with van der Waals surface area (Å²) in [5, 5.41) is 16.9. The molecule has 0 saturated carbocycles. The Balaban J connectivity index is 1.69. The number of hydrogen-bond acceptors (Lipinski definition) is 4. The number of nitrogens with one attached hydrogen (secondary N) is 2. The third-order valence-electron chi connectivity index (χ3n) is 5.13. The molecule has 31 heavy (non-hydrogen) atoms. The zero-order valence-electron chi connectivity index (χ0n) is 16.7. The molecule has 2 aromatic carbocycles. The van der Waals surface area contributed by atoms with E-state index in [-0.39, 0.29) is 19.0 Å². The summed E-state index contributed by atoms with van der Waals surface area (Å²) in [6.45, 7) is 2.10. The van der Waals surface area contributed by atoms with Gasteiger partial charge in [-0.15, -0.1) is 5.92 Å². The standard InChI is InChI=1S/C23H20FN3O4/c1-2-3-4-11-31-18-10-5-15-13-27(20(28)19(15)12-18)14-23(21(29)25-22(30)26-23)16-6-8-17(24)9-7-16/h5-10,12-13,28H,2,11,14H2,1H3,(H2,25,26,29,30)/t23-/m0/s1. The SMILES string of the molecule is CCC#CCOc1ccc2cn(C[C@@]3(c4ccc(F)cc4)NC(=O)NC3=O)c(O)c2c1. The second kappa shape index (κ2) is 8.03. The number of hydrogen-bond donors (Lipinski definition) is 3. The number of imide groups is 1. The van der Waals surface area contributed by atoms with Crippen molar-refractivity contribution >= 4 is 22.7 Å². The Morgan fingerprint density at radius 3 is 2.61 bits per heavy atom. The molecule has 0 radical (unpaired) electrons. The van der Waals surface area contributed by atoms with E-state index in [1.54, 1.807) is 24.4 Å². The highest BCUT2D eigenvalue weighted by molar-refractivity contribution is 6.07. The van der Waals surface area contributed by atoms with Crippen LogP contribution < -0.4 is 15.4 Å². The van der Waals surface area contributed by atoms with Crippen LogP contribution in [0, 0.1) is 17.7 Å². The minimum absolute atomic E-state index is 0.0875. The largest absolute Gasteiger partial charge is 0.494 e.